The van der Waals surface area contributed by atoms with Gasteiger partial charge in [0.25, 0.3) is 5.91 Å². The van der Waals surface area contributed by atoms with Crippen LogP contribution in [0, 0.1) is 6.92 Å². The van der Waals surface area contributed by atoms with Crippen LogP contribution in [0.4, 0.5) is 0 Å². The predicted octanol–water partition coefficient (Wildman–Crippen LogP) is 0.793. The van der Waals surface area contributed by atoms with Crippen molar-refractivity contribution in [2.75, 3.05) is 13.2 Å². The molecule has 1 unspecified atom stereocenters. The van der Waals surface area contributed by atoms with Gasteiger partial charge in [-0.1, -0.05) is 17.7 Å². The number of esters is 1. The van der Waals surface area contributed by atoms with Gasteiger partial charge in [-0.05, 0) is 32.9 Å². The maximum absolute atomic E-state index is 11.8. The predicted molar refractivity (Wildman–Crippen MR) is 77.7 cm³/mol. The summed E-state index contributed by atoms with van der Waals surface area (Å²) in [5, 5.41) is 4.94. The fourth-order valence-corrected chi connectivity index (χ4v) is 1.59. The second-order valence-electron chi connectivity index (χ2n) is 4.59. The molecule has 0 aliphatic carbocycles. The molecule has 2 amide bonds. The van der Waals surface area contributed by atoms with Crippen LogP contribution in [0.1, 0.15) is 29.8 Å². The molecule has 0 saturated carbocycles. The summed E-state index contributed by atoms with van der Waals surface area (Å²) in [4.78, 5) is 34.8. The second-order valence-corrected chi connectivity index (χ2v) is 4.59. The molecule has 0 aliphatic rings. The Morgan fingerprint density at radius 2 is 1.81 bits per heavy atom. The Hall–Kier alpha value is -2.37. The summed E-state index contributed by atoms with van der Waals surface area (Å²) in [6.45, 7) is 5.19. The van der Waals surface area contributed by atoms with Crippen LogP contribution < -0.4 is 10.6 Å². The normalized spacial score (nSPS) is 11.4. The Morgan fingerprint density at radius 1 is 1.19 bits per heavy atom. The minimum Gasteiger partial charge on any atom is -0.464 e. The fraction of sp³-hybridized carbons (Fsp3) is 0.400. The zero-order valence-corrected chi connectivity index (χ0v) is 12.4. The van der Waals surface area contributed by atoms with Crippen LogP contribution in [0.25, 0.3) is 0 Å². The molecule has 1 aromatic rings. The van der Waals surface area contributed by atoms with Crippen LogP contribution in [0.3, 0.4) is 0 Å². The van der Waals surface area contributed by atoms with Gasteiger partial charge in [-0.25, -0.2) is 4.79 Å². The topological polar surface area (TPSA) is 84.5 Å². The van der Waals surface area contributed by atoms with Crippen molar-refractivity contribution in [3.8, 4) is 0 Å². The molecule has 1 atom stereocenters. The number of hydrogen-bond acceptors (Lipinski definition) is 4. The maximum atomic E-state index is 11.8. The summed E-state index contributed by atoms with van der Waals surface area (Å²) in [6.07, 6.45) is 0. The van der Waals surface area contributed by atoms with Crippen molar-refractivity contribution in [2.45, 2.75) is 26.8 Å². The van der Waals surface area contributed by atoms with Crippen LogP contribution in [-0.2, 0) is 14.3 Å². The van der Waals surface area contributed by atoms with Gasteiger partial charge in [0.05, 0.1) is 13.2 Å². The Morgan fingerprint density at radius 3 is 2.38 bits per heavy atom. The molecular formula is C15H20N2O4. The quantitative estimate of drug-likeness (QED) is 0.759. The van der Waals surface area contributed by atoms with Gasteiger partial charge < -0.3 is 15.4 Å². The standard InChI is InChI=1S/C15H20N2O4/c1-4-21-15(20)11(3)17-13(18)9-16-14(19)12-7-5-10(2)6-8-12/h5-8,11H,4,9H2,1-3H3,(H,16,19)(H,17,18). The molecule has 0 saturated heterocycles. The molecule has 6 heteroatoms. The fourth-order valence-electron chi connectivity index (χ4n) is 1.59. The molecule has 0 aliphatic heterocycles. The van der Waals surface area contributed by atoms with E-state index in [0.29, 0.717) is 5.56 Å². The molecular weight excluding hydrogens is 272 g/mol. The molecule has 1 aromatic carbocycles. The first-order chi connectivity index (χ1) is 9.93. The highest BCUT2D eigenvalue weighted by Crippen LogP contribution is 2.02. The minimum absolute atomic E-state index is 0.198. The molecule has 1 rings (SSSR count). The zero-order chi connectivity index (χ0) is 15.8. The van der Waals surface area contributed by atoms with Crippen LogP contribution in [-0.4, -0.2) is 37.0 Å². The average molecular weight is 292 g/mol. The van der Waals surface area contributed by atoms with Crippen LogP contribution in [0.5, 0.6) is 0 Å². The van der Waals surface area contributed by atoms with Gasteiger partial charge in [0.1, 0.15) is 6.04 Å². The van der Waals surface area contributed by atoms with Crippen molar-refractivity contribution in [3.05, 3.63) is 35.4 Å². The monoisotopic (exact) mass is 292 g/mol. The Kier molecular flexibility index (Phi) is 6.39. The highest BCUT2D eigenvalue weighted by molar-refractivity contribution is 5.96. The third-order valence-corrected chi connectivity index (χ3v) is 2.74. The number of aryl methyl sites for hydroxylation is 1. The third-order valence-electron chi connectivity index (χ3n) is 2.74. The van der Waals surface area contributed by atoms with Crippen molar-refractivity contribution < 1.29 is 19.1 Å². The summed E-state index contributed by atoms with van der Waals surface area (Å²) in [5.74, 6) is -1.29. The number of nitrogens with one attached hydrogen (secondary N) is 2. The number of amides is 2. The molecule has 0 radical (unpaired) electrons. The van der Waals surface area contributed by atoms with E-state index < -0.39 is 17.9 Å². The minimum atomic E-state index is -0.742. The van der Waals surface area contributed by atoms with E-state index in [0.717, 1.165) is 5.56 Å². The van der Waals surface area contributed by atoms with Crippen LogP contribution in [0.2, 0.25) is 0 Å². The van der Waals surface area contributed by atoms with E-state index in [4.69, 9.17) is 4.74 Å². The first kappa shape index (κ1) is 16.7. The molecule has 0 spiro atoms. The summed E-state index contributed by atoms with van der Waals surface area (Å²) in [5.41, 5.74) is 1.53. The van der Waals surface area contributed by atoms with Gasteiger partial charge in [0.2, 0.25) is 5.91 Å². The molecule has 6 nitrogen and oxygen atoms in total. The first-order valence-corrected chi connectivity index (χ1v) is 6.75. The molecule has 0 heterocycles. The van der Waals surface area contributed by atoms with Crippen molar-refractivity contribution in [2.24, 2.45) is 0 Å². The van der Waals surface area contributed by atoms with E-state index in [1.54, 1.807) is 19.1 Å². The lowest BCUT2D eigenvalue weighted by Gasteiger charge is -2.13. The third kappa shape index (κ3) is 5.64. The zero-order valence-electron chi connectivity index (χ0n) is 12.4. The smallest absolute Gasteiger partial charge is 0.328 e. The maximum Gasteiger partial charge on any atom is 0.328 e. The SMILES string of the molecule is CCOC(=O)C(C)NC(=O)CNC(=O)c1ccc(C)cc1. The average Bonchev–Trinajstić information content (AvgIpc) is 2.45. The lowest BCUT2D eigenvalue weighted by atomic mass is 10.1. The van der Waals surface area contributed by atoms with E-state index >= 15 is 0 Å². The number of carbonyl (C=O) groups excluding carboxylic acids is 3. The van der Waals surface area contributed by atoms with Crippen LogP contribution in [0.15, 0.2) is 24.3 Å². The highest BCUT2D eigenvalue weighted by atomic mass is 16.5. The van der Waals surface area contributed by atoms with Crippen molar-refractivity contribution in [3.63, 3.8) is 0 Å². The van der Waals surface area contributed by atoms with Gasteiger partial charge in [0.15, 0.2) is 0 Å². The van der Waals surface area contributed by atoms with Gasteiger partial charge in [-0.3, -0.25) is 9.59 Å². The Bertz CT molecular complexity index is 511. The lowest BCUT2D eigenvalue weighted by Crippen LogP contribution is -2.44. The summed E-state index contributed by atoms with van der Waals surface area (Å²) in [7, 11) is 0. The van der Waals surface area contributed by atoms with E-state index in [2.05, 4.69) is 10.6 Å². The summed E-state index contributed by atoms with van der Waals surface area (Å²) in [6, 6.07) is 6.26. The second kappa shape index (κ2) is 8.04. The molecule has 0 fully saturated rings. The molecule has 2 N–H and O–H groups in total. The molecule has 0 bridgehead atoms. The first-order valence-electron chi connectivity index (χ1n) is 6.75. The van der Waals surface area contributed by atoms with E-state index in [1.807, 2.05) is 19.1 Å². The lowest BCUT2D eigenvalue weighted by molar-refractivity contribution is -0.146. The van der Waals surface area contributed by atoms with E-state index in [9.17, 15) is 14.4 Å². The van der Waals surface area contributed by atoms with Gasteiger partial charge in [-0.15, -0.1) is 0 Å². The summed E-state index contributed by atoms with van der Waals surface area (Å²) < 4.78 is 4.77. The number of hydrogen-bond donors (Lipinski definition) is 2. The molecule has 21 heavy (non-hydrogen) atoms. The Labute approximate surface area is 123 Å². The number of carbonyl (C=O) groups is 3. The van der Waals surface area contributed by atoms with E-state index in [1.165, 1.54) is 6.92 Å². The molecule has 0 aromatic heterocycles. The Balaban J connectivity index is 2.40. The van der Waals surface area contributed by atoms with Crippen molar-refractivity contribution in [1.29, 1.82) is 0 Å². The largest absolute Gasteiger partial charge is 0.464 e. The van der Waals surface area contributed by atoms with Gasteiger partial charge in [0, 0.05) is 5.56 Å². The van der Waals surface area contributed by atoms with Gasteiger partial charge in [-0.2, -0.15) is 0 Å². The van der Waals surface area contributed by atoms with Crippen molar-refractivity contribution >= 4 is 17.8 Å². The highest BCUT2D eigenvalue weighted by Gasteiger charge is 2.16. The number of benzene rings is 1. The van der Waals surface area contributed by atoms with E-state index in [-0.39, 0.29) is 19.1 Å². The van der Waals surface area contributed by atoms with Crippen molar-refractivity contribution in [1.82, 2.24) is 10.6 Å². The van der Waals surface area contributed by atoms with Crippen LogP contribution >= 0.6 is 0 Å². The van der Waals surface area contributed by atoms with Gasteiger partial charge >= 0.3 is 5.97 Å². The molecule has 114 valence electrons. The number of ether oxygens (including phenoxy) is 1. The summed E-state index contributed by atoms with van der Waals surface area (Å²) >= 11 is 0. The number of rotatable bonds is 6.